The average molecular weight is 355 g/mol. The second kappa shape index (κ2) is 7.71. The fraction of sp³-hybridized carbons (Fsp3) is 0.176. The first kappa shape index (κ1) is 16.8. The van der Waals surface area contributed by atoms with Gasteiger partial charge in [-0.1, -0.05) is 12.1 Å². The first-order valence-corrected chi connectivity index (χ1v) is 8.57. The van der Waals surface area contributed by atoms with Gasteiger partial charge in [-0.15, -0.1) is 11.3 Å². The topological polar surface area (TPSA) is 88.9 Å². The summed E-state index contributed by atoms with van der Waals surface area (Å²) in [5, 5.41) is 11.5. The highest BCUT2D eigenvalue weighted by atomic mass is 32.1. The molecule has 2 N–H and O–H groups in total. The molecule has 25 heavy (non-hydrogen) atoms. The van der Waals surface area contributed by atoms with Crippen molar-refractivity contribution in [1.82, 2.24) is 20.1 Å². The summed E-state index contributed by atoms with van der Waals surface area (Å²) in [6.45, 7) is 2.20. The van der Waals surface area contributed by atoms with Gasteiger partial charge in [0.1, 0.15) is 6.04 Å². The minimum absolute atomic E-state index is 0.264. The van der Waals surface area contributed by atoms with E-state index in [-0.39, 0.29) is 11.8 Å². The zero-order valence-corrected chi connectivity index (χ0v) is 14.4. The van der Waals surface area contributed by atoms with Gasteiger partial charge in [-0.3, -0.25) is 19.3 Å². The number of nitrogens with zero attached hydrogens (tertiary/aromatic N) is 3. The number of pyridine rings is 1. The first-order chi connectivity index (χ1) is 12.1. The van der Waals surface area contributed by atoms with Gasteiger partial charge in [0.15, 0.2) is 5.82 Å². The van der Waals surface area contributed by atoms with Gasteiger partial charge >= 0.3 is 0 Å². The molecule has 0 spiro atoms. The van der Waals surface area contributed by atoms with Crippen LogP contribution in [0.2, 0.25) is 0 Å². The minimum atomic E-state index is -0.668. The maximum atomic E-state index is 12.2. The number of hydrogen-bond donors (Lipinski definition) is 2. The van der Waals surface area contributed by atoms with Crippen LogP contribution in [0.1, 0.15) is 22.2 Å². The second-order valence-corrected chi connectivity index (χ2v) is 6.37. The molecule has 3 rings (SSSR count). The molecular formula is C17H17N5O2S. The zero-order chi connectivity index (χ0) is 17.6. The van der Waals surface area contributed by atoms with Gasteiger partial charge in [-0.2, -0.15) is 5.10 Å². The van der Waals surface area contributed by atoms with Crippen molar-refractivity contribution in [3.8, 4) is 0 Å². The minimum Gasteiger partial charge on any atom is -0.340 e. The Bertz CT molecular complexity index is 845. The van der Waals surface area contributed by atoms with Crippen LogP contribution < -0.4 is 10.6 Å². The maximum absolute atomic E-state index is 12.2. The second-order valence-electron chi connectivity index (χ2n) is 5.42. The van der Waals surface area contributed by atoms with Crippen LogP contribution in [0.3, 0.4) is 0 Å². The van der Waals surface area contributed by atoms with Gasteiger partial charge < -0.3 is 10.6 Å². The van der Waals surface area contributed by atoms with Crippen molar-refractivity contribution in [2.75, 3.05) is 5.32 Å². The lowest BCUT2D eigenvalue weighted by Gasteiger charge is -2.12. The summed E-state index contributed by atoms with van der Waals surface area (Å²) in [6, 6.07) is 8.36. The van der Waals surface area contributed by atoms with E-state index in [0.29, 0.717) is 17.2 Å². The van der Waals surface area contributed by atoms with Crippen molar-refractivity contribution in [2.45, 2.75) is 19.5 Å². The Morgan fingerprint density at radius 3 is 2.88 bits per heavy atom. The fourth-order valence-corrected chi connectivity index (χ4v) is 2.80. The summed E-state index contributed by atoms with van der Waals surface area (Å²) in [6.07, 6.45) is 5.25. The number of thiophene rings is 1. The number of carbonyl (C=O) groups excluding carboxylic acids is 2. The fourth-order valence-electron chi connectivity index (χ4n) is 2.17. The van der Waals surface area contributed by atoms with Crippen LogP contribution in [-0.2, 0) is 11.3 Å². The third-order valence-corrected chi connectivity index (χ3v) is 4.31. The average Bonchev–Trinajstić information content (AvgIpc) is 3.28. The number of anilines is 1. The first-order valence-electron chi connectivity index (χ1n) is 7.69. The standard InChI is InChI=1S/C17H17N5O2S/c1-12(19-17(24)14-5-3-9-25-14)16(23)20-15-6-8-22(21-15)11-13-4-2-7-18-10-13/h2-10,12H,11H2,1H3,(H,19,24)(H,20,21,23). The molecule has 3 heterocycles. The number of carbonyl (C=O) groups is 2. The number of aromatic nitrogens is 3. The summed E-state index contributed by atoms with van der Waals surface area (Å²) in [4.78, 5) is 28.8. The van der Waals surface area contributed by atoms with Gasteiger partial charge in [0.05, 0.1) is 11.4 Å². The molecule has 0 radical (unpaired) electrons. The zero-order valence-electron chi connectivity index (χ0n) is 13.5. The van der Waals surface area contributed by atoms with Crippen molar-refractivity contribution < 1.29 is 9.59 Å². The molecule has 8 heteroatoms. The van der Waals surface area contributed by atoms with E-state index in [9.17, 15) is 9.59 Å². The molecule has 0 bridgehead atoms. The Labute approximate surface area is 148 Å². The number of hydrogen-bond acceptors (Lipinski definition) is 5. The van der Waals surface area contributed by atoms with Crippen molar-refractivity contribution in [1.29, 1.82) is 0 Å². The molecule has 0 aliphatic heterocycles. The molecular weight excluding hydrogens is 338 g/mol. The molecule has 0 aromatic carbocycles. The summed E-state index contributed by atoms with van der Waals surface area (Å²) in [5.41, 5.74) is 1.01. The molecule has 3 aromatic rings. The highest BCUT2D eigenvalue weighted by Crippen LogP contribution is 2.09. The van der Waals surface area contributed by atoms with Gasteiger partial charge in [0.2, 0.25) is 5.91 Å². The van der Waals surface area contributed by atoms with E-state index in [1.807, 2.05) is 17.5 Å². The summed E-state index contributed by atoms with van der Waals surface area (Å²) >= 11 is 1.33. The number of rotatable bonds is 6. The van der Waals surface area contributed by atoms with Gasteiger partial charge in [-0.05, 0) is 30.0 Å². The Morgan fingerprint density at radius 1 is 1.28 bits per heavy atom. The quantitative estimate of drug-likeness (QED) is 0.709. The van der Waals surface area contributed by atoms with Crippen molar-refractivity contribution in [2.24, 2.45) is 0 Å². The molecule has 128 valence electrons. The van der Waals surface area contributed by atoms with Crippen LogP contribution in [0.5, 0.6) is 0 Å². The van der Waals surface area contributed by atoms with Crippen molar-refractivity contribution >= 4 is 29.0 Å². The van der Waals surface area contributed by atoms with Gasteiger partial charge in [-0.25, -0.2) is 0 Å². The normalized spacial score (nSPS) is 11.7. The molecule has 0 aliphatic carbocycles. The van der Waals surface area contributed by atoms with Crippen LogP contribution in [0.4, 0.5) is 5.82 Å². The Balaban J connectivity index is 1.55. The van der Waals surface area contributed by atoms with Crippen LogP contribution in [0.25, 0.3) is 0 Å². The Hall–Kier alpha value is -3.00. The van der Waals surface area contributed by atoms with Crippen LogP contribution in [0.15, 0.2) is 54.3 Å². The molecule has 2 amide bonds. The van der Waals surface area contributed by atoms with E-state index in [0.717, 1.165) is 5.56 Å². The summed E-state index contributed by atoms with van der Waals surface area (Å²) in [7, 11) is 0. The lowest BCUT2D eigenvalue weighted by Crippen LogP contribution is -2.41. The maximum Gasteiger partial charge on any atom is 0.261 e. The molecule has 1 unspecified atom stereocenters. The Kier molecular flexibility index (Phi) is 5.20. The molecule has 0 fully saturated rings. The van der Waals surface area contributed by atoms with Crippen LogP contribution in [0, 0.1) is 0 Å². The molecule has 0 saturated carbocycles. The molecule has 0 saturated heterocycles. The van der Waals surface area contributed by atoms with Gasteiger partial charge in [0.25, 0.3) is 5.91 Å². The third kappa shape index (κ3) is 4.51. The number of nitrogens with one attached hydrogen (secondary N) is 2. The lowest BCUT2D eigenvalue weighted by molar-refractivity contribution is -0.117. The summed E-state index contributed by atoms with van der Waals surface area (Å²) in [5.74, 6) is -0.151. The molecule has 0 aliphatic rings. The van der Waals surface area contributed by atoms with E-state index in [1.165, 1.54) is 11.3 Å². The van der Waals surface area contributed by atoms with E-state index in [2.05, 4.69) is 20.7 Å². The van der Waals surface area contributed by atoms with Crippen LogP contribution >= 0.6 is 11.3 Å². The molecule has 7 nitrogen and oxygen atoms in total. The van der Waals surface area contributed by atoms with E-state index in [4.69, 9.17) is 0 Å². The number of amides is 2. The molecule has 3 aromatic heterocycles. The highest BCUT2D eigenvalue weighted by molar-refractivity contribution is 7.12. The van der Waals surface area contributed by atoms with E-state index in [1.54, 1.807) is 48.4 Å². The largest absolute Gasteiger partial charge is 0.340 e. The van der Waals surface area contributed by atoms with Crippen molar-refractivity contribution in [3.05, 3.63) is 64.7 Å². The van der Waals surface area contributed by atoms with E-state index >= 15 is 0 Å². The van der Waals surface area contributed by atoms with E-state index < -0.39 is 6.04 Å². The predicted molar refractivity (Wildman–Crippen MR) is 95.4 cm³/mol. The highest BCUT2D eigenvalue weighted by Gasteiger charge is 2.18. The summed E-state index contributed by atoms with van der Waals surface area (Å²) < 4.78 is 1.71. The SMILES string of the molecule is CC(NC(=O)c1cccs1)C(=O)Nc1ccn(Cc2cccnc2)n1. The molecule has 1 atom stereocenters. The predicted octanol–water partition coefficient (Wildman–Crippen LogP) is 2.14. The third-order valence-electron chi connectivity index (χ3n) is 3.45. The monoisotopic (exact) mass is 355 g/mol. The Morgan fingerprint density at radius 2 is 2.16 bits per heavy atom. The van der Waals surface area contributed by atoms with Gasteiger partial charge in [0, 0.05) is 24.7 Å². The smallest absolute Gasteiger partial charge is 0.261 e. The van der Waals surface area contributed by atoms with Crippen LogP contribution in [-0.4, -0.2) is 32.6 Å². The van der Waals surface area contributed by atoms with Crippen molar-refractivity contribution in [3.63, 3.8) is 0 Å². The lowest BCUT2D eigenvalue weighted by atomic mass is 10.3.